The Hall–Kier alpha value is -1.83. The maximum atomic E-state index is 10.8. The molecule has 0 bridgehead atoms. The minimum absolute atomic E-state index is 0.684. The molecule has 0 aliphatic heterocycles. The van der Waals surface area contributed by atoms with E-state index in [1.165, 1.54) is 0 Å². The molecule has 2 aromatic rings. The SMILES string of the molecule is CCCCOc1cccc2ccc(C=O)cc12. The Kier molecular flexibility index (Phi) is 3.76. The molecule has 0 heterocycles. The van der Waals surface area contributed by atoms with Crippen LogP contribution < -0.4 is 4.74 Å². The van der Waals surface area contributed by atoms with Crippen LogP contribution in [0.5, 0.6) is 5.75 Å². The number of hydrogen-bond donors (Lipinski definition) is 0. The van der Waals surface area contributed by atoms with E-state index < -0.39 is 0 Å². The smallest absolute Gasteiger partial charge is 0.150 e. The molecule has 2 heteroatoms. The van der Waals surface area contributed by atoms with Gasteiger partial charge in [0.15, 0.2) is 0 Å². The van der Waals surface area contributed by atoms with Crippen LogP contribution in [0.1, 0.15) is 30.1 Å². The van der Waals surface area contributed by atoms with Crippen LogP contribution >= 0.6 is 0 Å². The van der Waals surface area contributed by atoms with Gasteiger partial charge in [0.25, 0.3) is 0 Å². The zero-order valence-corrected chi connectivity index (χ0v) is 9.98. The third-order valence-corrected chi connectivity index (χ3v) is 2.76. The van der Waals surface area contributed by atoms with Crippen LogP contribution in [0.2, 0.25) is 0 Å². The van der Waals surface area contributed by atoms with Gasteiger partial charge in [-0.2, -0.15) is 0 Å². The van der Waals surface area contributed by atoms with E-state index in [1.807, 2.05) is 36.4 Å². The van der Waals surface area contributed by atoms with Gasteiger partial charge in [-0.15, -0.1) is 0 Å². The highest BCUT2D eigenvalue weighted by Gasteiger charge is 2.02. The molecule has 0 unspecified atom stereocenters. The molecule has 0 spiro atoms. The fourth-order valence-electron chi connectivity index (χ4n) is 1.79. The Morgan fingerprint density at radius 2 is 2.12 bits per heavy atom. The Morgan fingerprint density at radius 1 is 1.24 bits per heavy atom. The highest BCUT2D eigenvalue weighted by molar-refractivity contribution is 5.92. The average Bonchev–Trinajstić information content (AvgIpc) is 2.39. The van der Waals surface area contributed by atoms with Gasteiger partial charge in [-0.05, 0) is 23.9 Å². The van der Waals surface area contributed by atoms with Crippen LogP contribution in [0.4, 0.5) is 0 Å². The monoisotopic (exact) mass is 228 g/mol. The maximum absolute atomic E-state index is 10.8. The van der Waals surface area contributed by atoms with E-state index in [0.29, 0.717) is 5.56 Å². The first-order chi connectivity index (χ1) is 8.35. The quantitative estimate of drug-likeness (QED) is 0.574. The second kappa shape index (κ2) is 5.48. The van der Waals surface area contributed by atoms with Gasteiger partial charge in [-0.3, -0.25) is 4.79 Å². The third kappa shape index (κ3) is 2.64. The van der Waals surface area contributed by atoms with Crippen molar-refractivity contribution in [2.75, 3.05) is 6.61 Å². The molecule has 0 radical (unpaired) electrons. The number of carbonyl (C=O) groups is 1. The second-order valence-corrected chi connectivity index (χ2v) is 4.06. The molecule has 0 saturated carbocycles. The second-order valence-electron chi connectivity index (χ2n) is 4.06. The third-order valence-electron chi connectivity index (χ3n) is 2.76. The minimum atomic E-state index is 0.684. The number of ether oxygens (including phenoxy) is 1. The predicted molar refractivity (Wildman–Crippen MR) is 69.7 cm³/mol. The largest absolute Gasteiger partial charge is 0.493 e. The standard InChI is InChI=1S/C15H16O2/c1-2-3-9-17-15-6-4-5-13-8-7-12(11-16)10-14(13)15/h4-8,10-11H,2-3,9H2,1H3. The topological polar surface area (TPSA) is 26.3 Å². The number of hydrogen-bond acceptors (Lipinski definition) is 2. The molecular weight excluding hydrogens is 212 g/mol. The van der Waals surface area contributed by atoms with Crippen LogP contribution in [-0.4, -0.2) is 12.9 Å². The van der Waals surface area contributed by atoms with E-state index in [4.69, 9.17) is 4.74 Å². The zero-order valence-electron chi connectivity index (χ0n) is 9.98. The fourth-order valence-corrected chi connectivity index (χ4v) is 1.79. The Labute approximate surface area is 101 Å². The summed E-state index contributed by atoms with van der Waals surface area (Å²) in [7, 11) is 0. The van der Waals surface area contributed by atoms with Crippen molar-refractivity contribution in [1.29, 1.82) is 0 Å². The van der Waals surface area contributed by atoms with Gasteiger partial charge in [-0.1, -0.05) is 37.6 Å². The number of benzene rings is 2. The summed E-state index contributed by atoms with van der Waals surface area (Å²) in [5, 5.41) is 2.11. The lowest BCUT2D eigenvalue weighted by Crippen LogP contribution is -1.97. The summed E-state index contributed by atoms with van der Waals surface area (Å²) in [5.41, 5.74) is 0.684. The van der Waals surface area contributed by atoms with Crippen LogP contribution in [0.15, 0.2) is 36.4 Å². The van der Waals surface area contributed by atoms with E-state index in [-0.39, 0.29) is 0 Å². The highest BCUT2D eigenvalue weighted by Crippen LogP contribution is 2.26. The Bertz CT molecular complexity index is 517. The summed E-state index contributed by atoms with van der Waals surface area (Å²) in [6.07, 6.45) is 3.02. The van der Waals surface area contributed by atoms with Gasteiger partial charge < -0.3 is 4.74 Å². The Morgan fingerprint density at radius 3 is 2.88 bits per heavy atom. The lowest BCUT2D eigenvalue weighted by atomic mass is 10.1. The first-order valence-corrected chi connectivity index (χ1v) is 5.96. The van der Waals surface area contributed by atoms with Crippen LogP contribution in [0.25, 0.3) is 10.8 Å². The molecule has 0 aromatic heterocycles. The molecule has 0 saturated heterocycles. The summed E-state index contributed by atoms with van der Waals surface area (Å²) >= 11 is 0. The van der Waals surface area contributed by atoms with Gasteiger partial charge in [0, 0.05) is 10.9 Å². The van der Waals surface area contributed by atoms with Crippen LogP contribution in [0, 0.1) is 0 Å². The number of rotatable bonds is 5. The molecular formula is C15H16O2. The molecule has 88 valence electrons. The van der Waals surface area contributed by atoms with Crippen molar-refractivity contribution in [2.45, 2.75) is 19.8 Å². The number of fused-ring (bicyclic) bond motifs is 1. The predicted octanol–water partition coefficient (Wildman–Crippen LogP) is 3.83. The fraction of sp³-hybridized carbons (Fsp3) is 0.267. The molecule has 0 fully saturated rings. The molecule has 0 atom stereocenters. The number of unbranched alkanes of at least 4 members (excludes halogenated alkanes) is 1. The van der Waals surface area contributed by atoms with Crippen molar-refractivity contribution in [3.8, 4) is 5.75 Å². The minimum Gasteiger partial charge on any atom is -0.493 e. The molecule has 0 aliphatic carbocycles. The van der Waals surface area contributed by atoms with Crippen molar-refractivity contribution in [3.05, 3.63) is 42.0 Å². The van der Waals surface area contributed by atoms with Gasteiger partial charge in [0.2, 0.25) is 0 Å². The normalized spacial score (nSPS) is 10.4. The van der Waals surface area contributed by atoms with Crippen LogP contribution in [-0.2, 0) is 0 Å². The van der Waals surface area contributed by atoms with Crippen molar-refractivity contribution in [1.82, 2.24) is 0 Å². The summed E-state index contributed by atoms with van der Waals surface area (Å²) in [6, 6.07) is 11.6. The molecule has 0 amide bonds. The van der Waals surface area contributed by atoms with Gasteiger partial charge in [-0.25, -0.2) is 0 Å². The molecule has 2 nitrogen and oxygen atoms in total. The lowest BCUT2D eigenvalue weighted by Gasteiger charge is -2.09. The van der Waals surface area contributed by atoms with Crippen molar-refractivity contribution < 1.29 is 9.53 Å². The number of carbonyl (C=O) groups excluding carboxylic acids is 1. The number of aldehydes is 1. The average molecular weight is 228 g/mol. The van der Waals surface area contributed by atoms with Gasteiger partial charge in [0.1, 0.15) is 12.0 Å². The highest BCUT2D eigenvalue weighted by atomic mass is 16.5. The first-order valence-electron chi connectivity index (χ1n) is 5.96. The Balaban J connectivity index is 2.36. The summed E-state index contributed by atoms with van der Waals surface area (Å²) < 4.78 is 5.74. The van der Waals surface area contributed by atoms with Crippen molar-refractivity contribution >= 4 is 17.1 Å². The van der Waals surface area contributed by atoms with E-state index >= 15 is 0 Å². The van der Waals surface area contributed by atoms with E-state index in [0.717, 1.165) is 42.3 Å². The van der Waals surface area contributed by atoms with Gasteiger partial charge in [0.05, 0.1) is 6.61 Å². The van der Waals surface area contributed by atoms with Crippen LogP contribution in [0.3, 0.4) is 0 Å². The molecule has 0 N–H and O–H groups in total. The summed E-state index contributed by atoms with van der Waals surface area (Å²) in [5.74, 6) is 0.861. The summed E-state index contributed by atoms with van der Waals surface area (Å²) in [4.78, 5) is 10.8. The molecule has 2 rings (SSSR count). The summed E-state index contributed by atoms with van der Waals surface area (Å²) in [6.45, 7) is 2.86. The van der Waals surface area contributed by atoms with Crippen molar-refractivity contribution in [2.24, 2.45) is 0 Å². The van der Waals surface area contributed by atoms with E-state index in [2.05, 4.69) is 6.92 Å². The van der Waals surface area contributed by atoms with Gasteiger partial charge >= 0.3 is 0 Å². The molecule has 17 heavy (non-hydrogen) atoms. The first kappa shape index (κ1) is 11.6. The van der Waals surface area contributed by atoms with E-state index in [9.17, 15) is 4.79 Å². The van der Waals surface area contributed by atoms with E-state index in [1.54, 1.807) is 0 Å². The molecule has 2 aromatic carbocycles. The maximum Gasteiger partial charge on any atom is 0.150 e. The lowest BCUT2D eigenvalue weighted by molar-refractivity contribution is 0.112. The molecule has 0 aliphatic rings. The van der Waals surface area contributed by atoms with Crippen molar-refractivity contribution in [3.63, 3.8) is 0 Å². The zero-order chi connectivity index (χ0) is 12.1.